The lowest BCUT2D eigenvalue weighted by Crippen LogP contribution is -2.48. The number of nitrogens with zero attached hydrogens (tertiary/aromatic N) is 3. The molecule has 1 aromatic heterocycles. The molecular weight excluding hydrogens is 344 g/mol. The number of fused-ring (bicyclic) bond motifs is 1. The number of hydrogen-bond donors (Lipinski definition) is 1. The van der Waals surface area contributed by atoms with Gasteiger partial charge in [0.25, 0.3) is 5.69 Å². The zero-order valence-electron chi connectivity index (χ0n) is 13.0. The van der Waals surface area contributed by atoms with E-state index in [4.69, 9.17) is 0 Å². The number of hydrogen-bond acceptors (Lipinski definition) is 5. The summed E-state index contributed by atoms with van der Waals surface area (Å²) in [5.74, 6) is 0.788. The minimum atomic E-state index is -3.65. The molecular formula is C16H14N4O4S. The summed E-state index contributed by atoms with van der Waals surface area (Å²) >= 11 is 0. The summed E-state index contributed by atoms with van der Waals surface area (Å²) in [6.07, 6.45) is 0. The zero-order valence-corrected chi connectivity index (χ0v) is 13.8. The predicted molar refractivity (Wildman–Crippen MR) is 90.7 cm³/mol. The van der Waals surface area contributed by atoms with E-state index in [1.165, 1.54) is 28.6 Å². The van der Waals surface area contributed by atoms with Gasteiger partial charge in [0, 0.05) is 31.1 Å². The molecule has 0 radical (unpaired) electrons. The highest BCUT2D eigenvalue weighted by Crippen LogP contribution is 2.32. The minimum absolute atomic E-state index is 0.0141. The molecule has 2 heterocycles. The number of imidazole rings is 1. The first kappa shape index (κ1) is 15.7. The average molecular weight is 358 g/mol. The van der Waals surface area contributed by atoms with Crippen LogP contribution in [0.3, 0.4) is 0 Å². The van der Waals surface area contributed by atoms with E-state index in [2.05, 4.69) is 9.97 Å². The number of H-pyrrole nitrogens is 1. The van der Waals surface area contributed by atoms with Crippen LogP contribution >= 0.6 is 0 Å². The maximum absolute atomic E-state index is 12.6. The molecule has 9 heteroatoms. The van der Waals surface area contributed by atoms with Crippen molar-refractivity contribution in [2.45, 2.75) is 10.8 Å². The molecule has 0 bridgehead atoms. The summed E-state index contributed by atoms with van der Waals surface area (Å²) in [5.41, 5.74) is 1.64. The lowest BCUT2D eigenvalue weighted by Gasteiger charge is -2.36. The number of aromatic nitrogens is 2. The largest absolute Gasteiger partial charge is 0.342 e. The van der Waals surface area contributed by atoms with Gasteiger partial charge in [0.15, 0.2) is 0 Å². The SMILES string of the molecule is O=[N+]([O-])c1ccc(S(=O)(=O)N2CC(c3nc4ccccc4[nH]3)C2)cc1. The highest BCUT2D eigenvalue weighted by atomic mass is 32.2. The van der Waals surface area contributed by atoms with E-state index in [0.29, 0.717) is 13.1 Å². The third kappa shape index (κ3) is 2.67. The van der Waals surface area contributed by atoms with Crippen LogP contribution in [0.2, 0.25) is 0 Å². The van der Waals surface area contributed by atoms with Crippen LogP contribution in [-0.2, 0) is 10.0 Å². The second kappa shape index (κ2) is 5.64. The van der Waals surface area contributed by atoms with Crippen LogP contribution in [-0.4, -0.2) is 40.7 Å². The van der Waals surface area contributed by atoms with Crippen molar-refractivity contribution in [1.29, 1.82) is 0 Å². The van der Waals surface area contributed by atoms with Gasteiger partial charge in [-0.25, -0.2) is 13.4 Å². The maximum Gasteiger partial charge on any atom is 0.269 e. The van der Waals surface area contributed by atoms with Gasteiger partial charge < -0.3 is 4.98 Å². The average Bonchev–Trinajstić information content (AvgIpc) is 2.96. The Labute approximate surface area is 143 Å². The molecule has 1 saturated heterocycles. The first-order valence-electron chi connectivity index (χ1n) is 7.64. The van der Waals surface area contributed by atoms with Crippen molar-refractivity contribution in [2.75, 3.05) is 13.1 Å². The number of aromatic amines is 1. The second-order valence-corrected chi connectivity index (χ2v) is 7.85. The summed E-state index contributed by atoms with van der Waals surface area (Å²) < 4.78 is 26.5. The summed E-state index contributed by atoms with van der Waals surface area (Å²) in [7, 11) is -3.65. The Balaban J connectivity index is 1.51. The molecule has 0 spiro atoms. The molecule has 128 valence electrons. The lowest BCUT2D eigenvalue weighted by atomic mass is 10.0. The summed E-state index contributed by atoms with van der Waals surface area (Å²) in [6, 6.07) is 12.6. The third-order valence-electron chi connectivity index (χ3n) is 4.33. The van der Waals surface area contributed by atoms with Gasteiger partial charge in [0.1, 0.15) is 5.82 Å². The normalized spacial score (nSPS) is 16.0. The van der Waals surface area contributed by atoms with Crippen LogP contribution in [0.25, 0.3) is 11.0 Å². The van der Waals surface area contributed by atoms with Crippen LogP contribution in [0.4, 0.5) is 5.69 Å². The first-order valence-corrected chi connectivity index (χ1v) is 9.08. The molecule has 1 aliphatic heterocycles. The fourth-order valence-electron chi connectivity index (χ4n) is 2.86. The molecule has 2 aromatic carbocycles. The smallest absolute Gasteiger partial charge is 0.269 e. The Kier molecular flexibility index (Phi) is 3.55. The first-order chi connectivity index (χ1) is 11.9. The van der Waals surface area contributed by atoms with Gasteiger partial charge in [0.05, 0.1) is 20.9 Å². The van der Waals surface area contributed by atoms with Crippen molar-refractivity contribution in [3.63, 3.8) is 0 Å². The Morgan fingerprint density at radius 3 is 2.44 bits per heavy atom. The van der Waals surface area contributed by atoms with E-state index in [0.717, 1.165) is 16.9 Å². The van der Waals surface area contributed by atoms with Gasteiger partial charge in [0.2, 0.25) is 10.0 Å². The number of rotatable bonds is 4. The summed E-state index contributed by atoms with van der Waals surface area (Å²) in [4.78, 5) is 17.9. The number of sulfonamides is 1. The Bertz CT molecular complexity index is 1020. The van der Waals surface area contributed by atoms with Crippen molar-refractivity contribution in [1.82, 2.24) is 14.3 Å². The molecule has 0 unspecified atom stereocenters. The molecule has 1 fully saturated rings. The van der Waals surface area contributed by atoms with Crippen molar-refractivity contribution in [3.8, 4) is 0 Å². The molecule has 25 heavy (non-hydrogen) atoms. The molecule has 1 aliphatic rings. The van der Waals surface area contributed by atoms with Gasteiger partial charge >= 0.3 is 0 Å². The van der Waals surface area contributed by atoms with Gasteiger partial charge in [-0.2, -0.15) is 4.31 Å². The maximum atomic E-state index is 12.6. The fraction of sp³-hybridized carbons (Fsp3) is 0.188. The van der Waals surface area contributed by atoms with Crippen LogP contribution in [0.1, 0.15) is 11.7 Å². The molecule has 3 aromatic rings. The Morgan fingerprint density at radius 2 is 1.80 bits per heavy atom. The molecule has 0 atom stereocenters. The molecule has 0 saturated carbocycles. The number of para-hydroxylation sites is 2. The molecule has 8 nitrogen and oxygen atoms in total. The number of nitro groups is 1. The van der Waals surface area contributed by atoms with E-state index in [-0.39, 0.29) is 16.5 Å². The topological polar surface area (TPSA) is 109 Å². The highest BCUT2D eigenvalue weighted by Gasteiger charge is 2.39. The number of benzene rings is 2. The fourth-order valence-corrected chi connectivity index (χ4v) is 4.39. The number of nitrogens with one attached hydrogen (secondary N) is 1. The lowest BCUT2D eigenvalue weighted by molar-refractivity contribution is -0.384. The zero-order chi connectivity index (χ0) is 17.6. The monoisotopic (exact) mass is 358 g/mol. The molecule has 0 amide bonds. The second-order valence-electron chi connectivity index (χ2n) is 5.91. The van der Waals surface area contributed by atoms with Crippen LogP contribution in [0.15, 0.2) is 53.4 Å². The summed E-state index contributed by atoms with van der Waals surface area (Å²) in [5, 5.41) is 10.7. The van der Waals surface area contributed by atoms with Gasteiger partial charge in [-0.15, -0.1) is 0 Å². The van der Waals surface area contributed by atoms with E-state index in [1.54, 1.807) is 0 Å². The van der Waals surface area contributed by atoms with Crippen LogP contribution in [0, 0.1) is 10.1 Å². The van der Waals surface area contributed by atoms with E-state index < -0.39 is 14.9 Å². The third-order valence-corrected chi connectivity index (χ3v) is 6.17. The van der Waals surface area contributed by atoms with Gasteiger partial charge in [-0.3, -0.25) is 10.1 Å². The molecule has 1 N–H and O–H groups in total. The summed E-state index contributed by atoms with van der Waals surface area (Å²) in [6.45, 7) is 0.665. The van der Waals surface area contributed by atoms with Gasteiger partial charge in [-0.05, 0) is 24.3 Å². The Morgan fingerprint density at radius 1 is 1.12 bits per heavy atom. The van der Waals surface area contributed by atoms with Crippen molar-refractivity contribution in [2.24, 2.45) is 0 Å². The van der Waals surface area contributed by atoms with Crippen molar-refractivity contribution in [3.05, 3.63) is 64.5 Å². The highest BCUT2D eigenvalue weighted by molar-refractivity contribution is 7.89. The van der Waals surface area contributed by atoms with Crippen molar-refractivity contribution >= 4 is 26.7 Å². The number of nitro benzene ring substituents is 1. The van der Waals surface area contributed by atoms with Gasteiger partial charge in [-0.1, -0.05) is 12.1 Å². The Hall–Kier alpha value is -2.78. The van der Waals surface area contributed by atoms with E-state index in [9.17, 15) is 18.5 Å². The van der Waals surface area contributed by atoms with Crippen LogP contribution < -0.4 is 0 Å². The van der Waals surface area contributed by atoms with E-state index in [1.807, 2.05) is 24.3 Å². The standard InChI is InChI=1S/C16H14N4O4S/c21-20(22)12-5-7-13(8-6-12)25(23,24)19-9-11(10-19)16-17-14-3-1-2-4-15(14)18-16/h1-8,11H,9-10H2,(H,17,18). The molecule has 4 rings (SSSR count). The molecule has 0 aliphatic carbocycles. The number of non-ortho nitro benzene ring substituents is 1. The van der Waals surface area contributed by atoms with Crippen molar-refractivity contribution < 1.29 is 13.3 Å². The van der Waals surface area contributed by atoms with Crippen LogP contribution in [0.5, 0.6) is 0 Å². The predicted octanol–water partition coefficient (Wildman–Crippen LogP) is 2.26. The minimum Gasteiger partial charge on any atom is -0.342 e. The quantitative estimate of drug-likeness (QED) is 0.568. The van der Waals surface area contributed by atoms with E-state index >= 15 is 0 Å².